The van der Waals surface area contributed by atoms with Crippen molar-refractivity contribution in [3.63, 3.8) is 0 Å². The fourth-order valence-electron chi connectivity index (χ4n) is 2.48. The number of carbonyl (C=O) groups excluding carboxylic acids is 1. The Hall–Kier alpha value is -3.22. The molecule has 0 unspecified atom stereocenters. The van der Waals surface area contributed by atoms with E-state index in [2.05, 4.69) is 10.3 Å². The predicted octanol–water partition coefficient (Wildman–Crippen LogP) is 2.65. The maximum atomic E-state index is 12.0. The van der Waals surface area contributed by atoms with Gasteiger partial charge in [0, 0.05) is 31.6 Å². The zero-order valence-electron chi connectivity index (χ0n) is 12.9. The minimum Gasteiger partial charge on any atom is -0.352 e. The Labute approximate surface area is 138 Å². The molecule has 1 amide bonds. The largest absolute Gasteiger partial charge is 0.352 e. The van der Waals surface area contributed by atoms with E-state index >= 15 is 0 Å². The fraction of sp³-hybridized carbons (Fsp3) is 0.176. The van der Waals surface area contributed by atoms with Gasteiger partial charge in [-0.2, -0.15) is 0 Å². The summed E-state index contributed by atoms with van der Waals surface area (Å²) in [5.74, 6) is -0.112. The first kappa shape index (κ1) is 15.7. The first-order valence-corrected chi connectivity index (χ1v) is 7.53. The molecule has 1 heterocycles. The molecule has 1 N–H and O–H groups in total. The highest BCUT2D eigenvalue weighted by molar-refractivity contribution is 5.77. The molecule has 0 aliphatic carbocycles. The number of hydrogen-bond acceptors (Lipinski definition) is 4. The summed E-state index contributed by atoms with van der Waals surface area (Å²) in [7, 11) is 0. The van der Waals surface area contributed by atoms with Crippen LogP contribution in [0.4, 0.5) is 5.69 Å². The fourth-order valence-corrected chi connectivity index (χ4v) is 2.48. The van der Waals surface area contributed by atoms with Crippen LogP contribution >= 0.6 is 0 Å². The lowest BCUT2D eigenvalue weighted by atomic mass is 10.2. The highest BCUT2D eigenvalue weighted by atomic mass is 16.6. The van der Waals surface area contributed by atoms with Gasteiger partial charge in [-0.1, -0.05) is 24.3 Å². The monoisotopic (exact) mass is 324 g/mol. The van der Waals surface area contributed by atoms with Gasteiger partial charge in [0.05, 0.1) is 22.3 Å². The van der Waals surface area contributed by atoms with E-state index in [1.54, 1.807) is 18.5 Å². The van der Waals surface area contributed by atoms with Crippen LogP contribution in [0, 0.1) is 10.1 Å². The standard InChI is InChI=1S/C17H16N4O3/c22-17(18-11-13-4-3-5-14(10-13)21(23)24)8-9-20-12-19-15-6-1-2-7-16(15)20/h1-7,10,12H,8-9,11H2,(H,18,22). The normalized spacial score (nSPS) is 10.7. The number of imidazole rings is 1. The molecule has 3 aromatic rings. The van der Waals surface area contributed by atoms with Crippen LogP contribution < -0.4 is 5.32 Å². The molecule has 7 nitrogen and oxygen atoms in total. The number of nitrogens with zero attached hydrogens (tertiary/aromatic N) is 3. The van der Waals surface area contributed by atoms with Crippen molar-refractivity contribution >= 4 is 22.6 Å². The van der Waals surface area contributed by atoms with Crippen molar-refractivity contribution in [2.45, 2.75) is 19.5 Å². The molecular weight excluding hydrogens is 308 g/mol. The van der Waals surface area contributed by atoms with E-state index in [4.69, 9.17) is 0 Å². The predicted molar refractivity (Wildman–Crippen MR) is 89.3 cm³/mol. The second kappa shape index (κ2) is 6.91. The molecular formula is C17H16N4O3. The molecule has 0 atom stereocenters. The van der Waals surface area contributed by atoms with Crippen molar-refractivity contribution in [3.8, 4) is 0 Å². The molecule has 0 saturated heterocycles. The van der Waals surface area contributed by atoms with Crippen molar-refractivity contribution in [1.29, 1.82) is 0 Å². The molecule has 0 aliphatic heterocycles. The number of aryl methyl sites for hydroxylation is 1. The zero-order chi connectivity index (χ0) is 16.9. The van der Waals surface area contributed by atoms with E-state index in [0.717, 1.165) is 11.0 Å². The highest BCUT2D eigenvalue weighted by Gasteiger charge is 2.08. The number of nitro benzene ring substituents is 1. The topological polar surface area (TPSA) is 90.1 Å². The SMILES string of the molecule is O=C(CCn1cnc2ccccc21)NCc1cccc([N+](=O)[O-])c1. The summed E-state index contributed by atoms with van der Waals surface area (Å²) in [6, 6.07) is 14.0. The van der Waals surface area contributed by atoms with Gasteiger partial charge in [0.25, 0.3) is 5.69 Å². The van der Waals surface area contributed by atoms with E-state index in [1.807, 2.05) is 28.8 Å². The first-order valence-electron chi connectivity index (χ1n) is 7.53. The zero-order valence-corrected chi connectivity index (χ0v) is 12.9. The lowest BCUT2D eigenvalue weighted by Gasteiger charge is -2.07. The maximum Gasteiger partial charge on any atom is 0.269 e. The Balaban J connectivity index is 1.54. The maximum absolute atomic E-state index is 12.0. The van der Waals surface area contributed by atoms with E-state index in [-0.39, 0.29) is 18.1 Å². The van der Waals surface area contributed by atoms with Gasteiger partial charge in [0.1, 0.15) is 0 Å². The number of hydrogen-bond donors (Lipinski definition) is 1. The number of fused-ring (bicyclic) bond motifs is 1. The average Bonchev–Trinajstić information content (AvgIpc) is 3.01. The van der Waals surface area contributed by atoms with Crippen molar-refractivity contribution in [2.75, 3.05) is 0 Å². The number of carbonyl (C=O) groups is 1. The van der Waals surface area contributed by atoms with E-state index in [9.17, 15) is 14.9 Å². The Morgan fingerprint density at radius 2 is 2.04 bits per heavy atom. The summed E-state index contributed by atoms with van der Waals surface area (Å²) in [4.78, 5) is 26.6. The Morgan fingerprint density at radius 1 is 1.21 bits per heavy atom. The van der Waals surface area contributed by atoms with E-state index in [0.29, 0.717) is 18.5 Å². The molecule has 0 spiro atoms. The van der Waals surface area contributed by atoms with Crippen LogP contribution in [0.2, 0.25) is 0 Å². The average molecular weight is 324 g/mol. The third kappa shape index (κ3) is 3.57. The molecule has 0 fully saturated rings. The molecule has 0 saturated carbocycles. The van der Waals surface area contributed by atoms with Gasteiger partial charge >= 0.3 is 0 Å². The summed E-state index contributed by atoms with van der Waals surface area (Å²) in [5, 5.41) is 13.5. The number of para-hydroxylation sites is 2. The van der Waals surface area contributed by atoms with Gasteiger partial charge in [-0.05, 0) is 17.7 Å². The lowest BCUT2D eigenvalue weighted by molar-refractivity contribution is -0.384. The van der Waals surface area contributed by atoms with Crippen LogP contribution in [-0.4, -0.2) is 20.4 Å². The number of rotatable bonds is 6. The van der Waals surface area contributed by atoms with Crippen LogP contribution in [-0.2, 0) is 17.9 Å². The molecule has 1 aromatic heterocycles. The first-order chi connectivity index (χ1) is 11.6. The number of benzene rings is 2. The molecule has 2 aromatic carbocycles. The highest BCUT2D eigenvalue weighted by Crippen LogP contribution is 2.13. The molecule has 0 radical (unpaired) electrons. The minimum atomic E-state index is -0.449. The second-order valence-electron chi connectivity index (χ2n) is 5.38. The lowest BCUT2D eigenvalue weighted by Crippen LogP contribution is -2.23. The molecule has 24 heavy (non-hydrogen) atoms. The summed E-state index contributed by atoms with van der Waals surface area (Å²) >= 11 is 0. The number of nitrogens with one attached hydrogen (secondary N) is 1. The van der Waals surface area contributed by atoms with Gasteiger partial charge in [-0.15, -0.1) is 0 Å². The van der Waals surface area contributed by atoms with Crippen LogP contribution in [0.3, 0.4) is 0 Å². The number of nitro groups is 1. The number of non-ortho nitro benzene ring substituents is 1. The Kier molecular flexibility index (Phi) is 4.51. The molecule has 3 rings (SSSR count). The van der Waals surface area contributed by atoms with Crippen molar-refractivity contribution in [1.82, 2.24) is 14.9 Å². The molecule has 7 heteroatoms. The van der Waals surface area contributed by atoms with Crippen LogP contribution in [0.5, 0.6) is 0 Å². The third-order valence-electron chi connectivity index (χ3n) is 3.72. The van der Waals surface area contributed by atoms with Crippen molar-refractivity contribution in [3.05, 3.63) is 70.5 Å². The van der Waals surface area contributed by atoms with E-state index < -0.39 is 4.92 Å². The van der Waals surface area contributed by atoms with Gasteiger partial charge in [0.2, 0.25) is 5.91 Å². The van der Waals surface area contributed by atoms with Gasteiger partial charge in [0.15, 0.2) is 0 Å². The molecule has 0 bridgehead atoms. The Bertz CT molecular complexity index is 888. The number of aromatic nitrogens is 2. The van der Waals surface area contributed by atoms with Gasteiger partial charge < -0.3 is 9.88 Å². The van der Waals surface area contributed by atoms with Crippen molar-refractivity contribution < 1.29 is 9.72 Å². The second-order valence-corrected chi connectivity index (χ2v) is 5.38. The summed E-state index contributed by atoms with van der Waals surface area (Å²) in [5.41, 5.74) is 2.61. The van der Waals surface area contributed by atoms with Gasteiger partial charge in [-0.3, -0.25) is 14.9 Å². The van der Waals surface area contributed by atoms with Crippen molar-refractivity contribution in [2.24, 2.45) is 0 Å². The Morgan fingerprint density at radius 3 is 2.88 bits per heavy atom. The van der Waals surface area contributed by atoms with Crippen LogP contribution in [0.15, 0.2) is 54.9 Å². The van der Waals surface area contributed by atoms with Crippen LogP contribution in [0.25, 0.3) is 11.0 Å². The van der Waals surface area contributed by atoms with E-state index in [1.165, 1.54) is 12.1 Å². The third-order valence-corrected chi connectivity index (χ3v) is 3.72. The molecule has 122 valence electrons. The van der Waals surface area contributed by atoms with Crippen LogP contribution in [0.1, 0.15) is 12.0 Å². The molecule has 0 aliphatic rings. The summed E-state index contributed by atoms with van der Waals surface area (Å²) < 4.78 is 1.93. The number of amides is 1. The van der Waals surface area contributed by atoms with Gasteiger partial charge in [-0.25, -0.2) is 4.98 Å². The summed E-state index contributed by atoms with van der Waals surface area (Å²) in [6.07, 6.45) is 2.04. The minimum absolute atomic E-state index is 0.0200. The quantitative estimate of drug-likeness (QED) is 0.557. The summed E-state index contributed by atoms with van der Waals surface area (Å²) in [6.45, 7) is 0.798. The smallest absolute Gasteiger partial charge is 0.269 e.